The van der Waals surface area contributed by atoms with Crippen LogP contribution in [0.2, 0.25) is 0 Å². The largest absolute Gasteiger partial charge is 0.421 e. The maximum Gasteiger partial charge on any atom is 0.248 e. The maximum absolute atomic E-state index is 12.0. The third-order valence-electron chi connectivity index (χ3n) is 3.35. The van der Waals surface area contributed by atoms with Crippen molar-refractivity contribution < 1.29 is 14.0 Å². The van der Waals surface area contributed by atoms with Gasteiger partial charge in [-0.15, -0.1) is 10.2 Å². The van der Waals surface area contributed by atoms with Gasteiger partial charge in [-0.05, 0) is 30.5 Å². The molecular weight excluding hydrogens is 326 g/mol. The lowest BCUT2D eigenvalue weighted by atomic mass is 10.1. The van der Waals surface area contributed by atoms with Gasteiger partial charge in [0.05, 0.1) is 0 Å². The zero-order valence-electron chi connectivity index (χ0n) is 13.0. The van der Waals surface area contributed by atoms with Gasteiger partial charge in [0.1, 0.15) is 0 Å². The Morgan fingerprint density at radius 2 is 2.12 bits per heavy atom. The van der Waals surface area contributed by atoms with Crippen LogP contribution in [-0.4, -0.2) is 21.9 Å². The standard InChI is InChI=1S/C17H15N3O3S/c1-11(21)12-3-2-4-14(9-12)18-15(22)5-6-16-19-20-17(23-16)13-7-8-24-10-13/h2-4,7-10H,5-6H2,1H3,(H,18,22). The summed E-state index contributed by atoms with van der Waals surface area (Å²) in [6, 6.07) is 8.74. The van der Waals surface area contributed by atoms with Crippen LogP contribution in [0.4, 0.5) is 5.69 Å². The Hall–Kier alpha value is -2.80. The predicted molar refractivity (Wildman–Crippen MR) is 91.0 cm³/mol. The van der Waals surface area contributed by atoms with Crippen LogP contribution >= 0.6 is 11.3 Å². The van der Waals surface area contributed by atoms with Crippen LogP contribution in [0.1, 0.15) is 29.6 Å². The molecule has 3 rings (SSSR count). The average molecular weight is 341 g/mol. The van der Waals surface area contributed by atoms with Gasteiger partial charge in [-0.1, -0.05) is 12.1 Å². The van der Waals surface area contributed by atoms with Crippen molar-refractivity contribution in [3.63, 3.8) is 0 Å². The number of rotatable bonds is 6. The second-order valence-electron chi connectivity index (χ2n) is 5.20. The molecule has 24 heavy (non-hydrogen) atoms. The van der Waals surface area contributed by atoms with Gasteiger partial charge in [-0.2, -0.15) is 11.3 Å². The minimum absolute atomic E-state index is 0.0436. The second kappa shape index (κ2) is 7.18. The Labute approximate surface area is 142 Å². The Morgan fingerprint density at radius 3 is 2.88 bits per heavy atom. The Morgan fingerprint density at radius 1 is 1.25 bits per heavy atom. The van der Waals surface area contributed by atoms with E-state index in [2.05, 4.69) is 15.5 Å². The van der Waals surface area contributed by atoms with Gasteiger partial charge in [0.2, 0.25) is 17.7 Å². The lowest BCUT2D eigenvalue weighted by Gasteiger charge is -2.05. The van der Waals surface area contributed by atoms with Crippen molar-refractivity contribution in [3.8, 4) is 11.5 Å². The summed E-state index contributed by atoms with van der Waals surface area (Å²) < 4.78 is 5.54. The number of aryl methyl sites for hydroxylation is 1. The van der Waals surface area contributed by atoms with Crippen molar-refractivity contribution >= 4 is 28.7 Å². The first-order valence-electron chi connectivity index (χ1n) is 7.37. The van der Waals surface area contributed by atoms with E-state index in [1.807, 2.05) is 16.8 Å². The SMILES string of the molecule is CC(=O)c1cccc(NC(=O)CCc2nnc(-c3ccsc3)o2)c1. The molecule has 7 heteroatoms. The highest BCUT2D eigenvalue weighted by atomic mass is 32.1. The highest BCUT2D eigenvalue weighted by Crippen LogP contribution is 2.21. The topological polar surface area (TPSA) is 85.1 Å². The third-order valence-corrected chi connectivity index (χ3v) is 4.04. The van der Waals surface area contributed by atoms with Crippen LogP contribution in [-0.2, 0) is 11.2 Å². The van der Waals surface area contributed by atoms with Crippen LogP contribution in [0.25, 0.3) is 11.5 Å². The number of amides is 1. The zero-order valence-corrected chi connectivity index (χ0v) is 13.8. The molecule has 0 atom stereocenters. The molecule has 0 saturated carbocycles. The smallest absolute Gasteiger partial charge is 0.248 e. The molecule has 1 aromatic carbocycles. The normalized spacial score (nSPS) is 10.5. The Kier molecular flexibility index (Phi) is 4.81. The number of nitrogens with zero attached hydrogens (tertiary/aromatic N) is 2. The summed E-state index contributed by atoms with van der Waals surface area (Å²) in [5.41, 5.74) is 2.03. The molecule has 2 heterocycles. The fraction of sp³-hybridized carbons (Fsp3) is 0.176. The summed E-state index contributed by atoms with van der Waals surface area (Å²) in [6.45, 7) is 1.49. The molecule has 2 aromatic heterocycles. The van der Waals surface area contributed by atoms with Gasteiger partial charge in [0.15, 0.2) is 5.78 Å². The Bertz CT molecular complexity index is 856. The van der Waals surface area contributed by atoms with Crippen molar-refractivity contribution in [3.05, 3.63) is 52.5 Å². The maximum atomic E-state index is 12.0. The zero-order chi connectivity index (χ0) is 16.9. The number of aromatic nitrogens is 2. The number of benzene rings is 1. The van der Waals surface area contributed by atoms with E-state index in [9.17, 15) is 9.59 Å². The van der Waals surface area contributed by atoms with Crippen molar-refractivity contribution in [1.82, 2.24) is 10.2 Å². The van der Waals surface area contributed by atoms with Crippen LogP contribution in [0.5, 0.6) is 0 Å². The van der Waals surface area contributed by atoms with Crippen molar-refractivity contribution in [2.75, 3.05) is 5.32 Å². The van der Waals surface area contributed by atoms with Gasteiger partial charge in [-0.3, -0.25) is 9.59 Å². The monoisotopic (exact) mass is 341 g/mol. The van der Waals surface area contributed by atoms with Crippen LogP contribution in [0, 0.1) is 0 Å². The molecule has 0 aliphatic heterocycles. The highest BCUT2D eigenvalue weighted by Gasteiger charge is 2.11. The molecule has 0 saturated heterocycles. The van der Waals surface area contributed by atoms with Crippen molar-refractivity contribution in [2.24, 2.45) is 0 Å². The van der Waals surface area contributed by atoms with Gasteiger partial charge < -0.3 is 9.73 Å². The quantitative estimate of drug-likeness (QED) is 0.693. The first-order chi connectivity index (χ1) is 11.6. The molecule has 1 N–H and O–H groups in total. The molecule has 0 radical (unpaired) electrons. The molecule has 0 aliphatic carbocycles. The third kappa shape index (κ3) is 3.94. The van der Waals surface area contributed by atoms with Gasteiger partial charge in [0, 0.05) is 35.0 Å². The first-order valence-corrected chi connectivity index (χ1v) is 8.32. The summed E-state index contributed by atoms with van der Waals surface area (Å²) in [5, 5.41) is 14.5. The second-order valence-corrected chi connectivity index (χ2v) is 5.98. The lowest BCUT2D eigenvalue weighted by Crippen LogP contribution is -2.12. The summed E-state index contributed by atoms with van der Waals surface area (Å²) in [4.78, 5) is 23.4. The average Bonchev–Trinajstić information content (AvgIpc) is 3.24. The van der Waals surface area contributed by atoms with E-state index in [1.165, 1.54) is 6.92 Å². The molecule has 122 valence electrons. The van der Waals surface area contributed by atoms with Crippen LogP contribution in [0.3, 0.4) is 0 Å². The molecule has 0 spiro atoms. The van der Waals surface area contributed by atoms with Crippen LogP contribution < -0.4 is 5.32 Å². The number of anilines is 1. The fourth-order valence-electron chi connectivity index (χ4n) is 2.12. The van der Waals surface area contributed by atoms with E-state index in [-0.39, 0.29) is 18.1 Å². The molecule has 3 aromatic rings. The minimum atomic E-state index is -0.175. The van der Waals surface area contributed by atoms with E-state index in [0.29, 0.717) is 29.5 Å². The number of carbonyl (C=O) groups excluding carboxylic acids is 2. The summed E-state index contributed by atoms with van der Waals surface area (Å²) in [7, 11) is 0. The van der Waals surface area contributed by atoms with E-state index >= 15 is 0 Å². The summed E-state index contributed by atoms with van der Waals surface area (Å²) >= 11 is 1.55. The Balaban J connectivity index is 1.56. The van der Waals surface area contributed by atoms with Gasteiger partial charge in [-0.25, -0.2) is 0 Å². The molecular formula is C17H15N3O3S. The molecule has 6 nitrogen and oxygen atoms in total. The number of Topliss-reactive ketones (excluding diaryl/α,β-unsaturated/α-hetero) is 1. The fourth-order valence-corrected chi connectivity index (χ4v) is 2.75. The van der Waals surface area contributed by atoms with Crippen molar-refractivity contribution in [2.45, 2.75) is 19.8 Å². The van der Waals surface area contributed by atoms with E-state index < -0.39 is 0 Å². The van der Waals surface area contributed by atoms with E-state index in [0.717, 1.165) is 5.56 Å². The van der Waals surface area contributed by atoms with Crippen molar-refractivity contribution in [1.29, 1.82) is 0 Å². The first kappa shape index (κ1) is 16.1. The van der Waals surface area contributed by atoms with Gasteiger partial charge in [0.25, 0.3) is 0 Å². The van der Waals surface area contributed by atoms with E-state index in [4.69, 9.17) is 4.42 Å². The number of thiophene rings is 1. The number of hydrogen-bond donors (Lipinski definition) is 1. The highest BCUT2D eigenvalue weighted by molar-refractivity contribution is 7.08. The molecule has 0 aliphatic rings. The molecule has 0 bridgehead atoms. The lowest BCUT2D eigenvalue weighted by molar-refractivity contribution is -0.116. The summed E-state index contributed by atoms with van der Waals surface area (Å²) in [5.74, 6) is 0.661. The minimum Gasteiger partial charge on any atom is -0.421 e. The van der Waals surface area contributed by atoms with Crippen LogP contribution in [0.15, 0.2) is 45.5 Å². The van der Waals surface area contributed by atoms with Gasteiger partial charge >= 0.3 is 0 Å². The number of hydrogen-bond acceptors (Lipinski definition) is 6. The molecule has 1 amide bonds. The molecule has 0 fully saturated rings. The number of ketones is 1. The number of nitrogens with one attached hydrogen (secondary N) is 1. The number of carbonyl (C=O) groups is 2. The molecule has 0 unspecified atom stereocenters. The van der Waals surface area contributed by atoms with E-state index in [1.54, 1.807) is 35.6 Å². The summed E-state index contributed by atoms with van der Waals surface area (Å²) in [6.07, 6.45) is 0.574. The predicted octanol–water partition coefficient (Wildman–Crippen LogP) is 3.57.